The van der Waals surface area contributed by atoms with E-state index in [1.807, 2.05) is 49.4 Å². The van der Waals surface area contributed by atoms with Crippen LogP contribution in [0.1, 0.15) is 17.5 Å². The third-order valence-corrected chi connectivity index (χ3v) is 4.64. The third-order valence-electron chi connectivity index (χ3n) is 4.64. The lowest BCUT2D eigenvalue weighted by Gasteiger charge is -2.20. The van der Waals surface area contributed by atoms with E-state index in [4.69, 9.17) is 4.99 Å². The van der Waals surface area contributed by atoms with Crippen molar-refractivity contribution in [2.24, 2.45) is 4.99 Å². The molecule has 6 nitrogen and oxygen atoms in total. The molecule has 0 spiro atoms. The minimum absolute atomic E-state index is 0.0953. The number of benzene rings is 2. The zero-order chi connectivity index (χ0) is 20.2. The zero-order valence-electron chi connectivity index (χ0n) is 16.0. The Morgan fingerprint density at radius 3 is 2.55 bits per heavy atom. The van der Waals surface area contributed by atoms with Crippen molar-refractivity contribution < 1.29 is 9.59 Å². The summed E-state index contributed by atoms with van der Waals surface area (Å²) in [6.45, 7) is 1.88. The maximum atomic E-state index is 13.0. The van der Waals surface area contributed by atoms with Crippen LogP contribution in [-0.2, 0) is 9.59 Å². The molecule has 2 heterocycles. The maximum Gasteiger partial charge on any atom is 0.244 e. The van der Waals surface area contributed by atoms with Crippen LogP contribution >= 0.6 is 0 Å². The van der Waals surface area contributed by atoms with Gasteiger partial charge < -0.3 is 5.32 Å². The number of nitrogens with one attached hydrogen (secondary N) is 1. The number of aryl methyl sites for hydroxylation is 1. The smallest absolute Gasteiger partial charge is 0.244 e. The van der Waals surface area contributed by atoms with Crippen molar-refractivity contribution in [3.63, 3.8) is 0 Å². The van der Waals surface area contributed by atoms with Crippen molar-refractivity contribution in [2.45, 2.75) is 13.3 Å². The summed E-state index contributed by atoms with van der Waals surface area (Å²) >= 11 is 0. The first-order chi connectivity index (χ1) is 14.1. The molecule has 0 aliphatic carbocycles. The molecule has 0 atom stereocenters. The van der Waals surface area contributed by atoms with Crippen LogP contribution in [0.5, 0.6) is 0 Å². The number of carbonyl (C=O) groups excluding carboxylic acids is 2. The highest BCUT2D eigenvalue weighted by molar-refractivity contribution is 6.18. The van der Waals surface area contributed by atoms with E-state index in [1.54, 1.807) is 30.5 Å². The van der Waals surface area contributed by atoms with Crippen molar-refractivity contribution in [3.05, 3.63) is 84.1 Å². The number of aliphatic imine (C=N–C) groups is 1. The van der Waals surface area contributed by atoms with E-state index in [0.717, 1.165) is 11.1 Å². The van der Waals surface area contributed by atoms with Crippen LogP contribution in [0.3, 0.4) is 0 Å². The SMILES string of the molecule is Cc1ccc(C2=Nc3cccnc3N(CC(=O)Nc3ccccc3)C(=O)C2)cc1. The van der Waals surface area contributed by atoms with Crippen molar-refractivity contribution in [1.82, 2.24) is 4.98 Å². The minimum Gasteiger partial charge on any atom is -0.325 e. The van der Waals surface area contributed by atoms with Crippen LogP contribution in [0.25, 0.3) is 0 Å². The Bertz CT molecular complexity index is 1080. The summed E-state index contributed by atoms with van der Waals surface area (Å²) < 4.78 is 0. The second-order valence-corrected chi connectivity index (χ2v) is 6.84. The highest BCUT2D eigenvalue weighted by Crippen LogP contribution is 2.30. The first-order valence-electron chi connectivity index (χ1n) is 9.35. The van der Waals surface area contributed by atoms with E-state index in [-0.39, 0.29) is 24.8 Å². The molecule has 144 valence electrons. The summed E-state index contributed by atoms with van der Waals surface area (Å²) in [6, 6.07) is 20.6. The molecule has 0 radical (unpaired) electrons. The molecule has 0 saturated carbocycles. The van der Waals surface area contributed by atoms with Crippen molar-refractivity contribution in [2.75, 3.05) is 16.8 Å². The average molecular weight is 384 g/mol. The van der Waals surface area contributed by atoms with E-state index in [9.17, 15) is 9.59 Å². The van der Waals surface area contributed by atoms with Crippen molar-refractivity contribution in [1.29, 1.82) is 0 Å². The van der Waals surface area contributed by atoms with Crippen LogP contribution in [0.2, 0.25) is 0 Å². The quantitative estimate of drug-likeness (QED) is 0.742. The van der Waals surface area contributed by atoms with E-state index in [2.05, 4.69) is 10.3 Å². The number of para-hydroxylation sites is 1. The molecule has 1 aliphatic heterocycles. The molecule has 4 rings (SSSR count). The van der Waals surface area contributed by atoms with Crippen LogP contribution < -0.4 is 10.2 Å². The molecule has 3 aromatic rings. The van der Waals surface area contributed by atoms with Crippen LogP contribution in [0.15, 0.2) is 77.9 Å². The largest absolute Gasteiger partial charge is 0.325 e. The molecular weight excluding hydrogens is 364 g/mol. The first kappa shape index (κ1) is 18.6. The van der Waals surface area contributed by atoms with Gasteiger partial charge in [0.15, 0.2) is 5.82 Å². The van der Waals surface area contributed by atoms with E-state index in [1.165, 1.54) is 4.90 Å². The molecule has 0 saturated heterocycles. The van der Waals surface area contributed by atoms with Gasteiger partial charge in [-0.05, 0) is 36.8 Å². The molecule has 2 amide bonds. The standard InChI is InChI=1S/C23H20N4O2/c1-16-9-11-17(12-10-16)20-14-22(29)27(23-19(26-20)8-5-13-24-23)15-21(28)25-18-6-3-2-4-7-18/h2-13H,14-15H2,1H3,(H,25,28). The number of nitrogens with zero attached hydrogens (tertiary/aromatic N) is 3. The summed E-state index contributed by atoms with van der Waals surface area (Å²) in [6.07, 6.45) is 1.69. The number of carbonyl (C=O) groups is 2. The van der Waals surface area contributed by atoms with Crippen molar-refractivity contribution >= 4 is 34.7 Å². The highest BCUT2D eigenvalue weighted by atomic mass is 16.2. The molecule has 1 aromatic heterocycles. The van der Waals surface area contributed by atoms with Gasteiger partial charge in [-0.1, -0.05) is 48.0 Å². The Balaban J connectivity index is 1.62. The number of aromatic nitrogens is 1. The predicted octanol–water partition coefficient (Wildman–Crippen LogP) is 3.89. The molecular formula is C23H20N4O2. The fourth-order valence-electron chi connectivity index (χ4n) is 3.17. The second-order valence-electron chi connectivity index (χ2n) is 6.84. The topological polar surface area (TPSA) is 74.7 Å². The molecule has 0 bridgehead atoms. The second kappa shape index (κ2) is 8.06. The Morgan fingerprint density at radius 2 is 1.79 bits per heavy atom. The van der Waals surface area contributed by atoms with Gasteiger partial charge in [0.2, 0.25) is 11.8 Å². The number of amides is 2. The van der Waals surface area contributed by atoms with Crippen molar-refractivity contribution in [3.8, 4) is 0 Å². The molecule has 6 heteroatoms. The third kappa shape index (κ3) is 4.21. The number of anilines is 2. The average Bonchev–Trinajstić information content (AvgIpc) is 2.86. The number of hydrogen-bond donors (Lipinski definition) is 1. The van der Waals surface area contributed by atoms with Gasteiger partial charge in [-0.25, -0.2) is 9.98 Å². The highest BCUT2D eigenvalue weighted by Gasteiger charge is 2.27. The Kier molecular flexibility index (Phi) is 5.16. The van der Waals surface area contributed by atoms with Gasteiger partial charge in [0, 0.05) is 11.9 Å². The number of pyridine rings is 1. The Hall–Kier alpha value is -3.80. The lowest BCUT2D eigenvalue weighted by Crippen LogP contribution is -2.38. The van der Waals surface area contributed by atoms with Gasteiger partial charge in [-0.15, -0.1) is 0 Å². The summed E-state index contributed by atoms with van der Waals surface area (Å²) in [5, 5.41) is 2.81. The molecule has 2 aromatic carbocycles. The number of fused-ring (bicyclic) bond motifs is 1. The predicted molar refractivity (Wildman–Crippen MR) is 114 cm³/mol. The monoisotopic (exact) mass is 384 g/mol. The van der Waals surface area contributed by atoms with Gasteiger partial charge >= 0.3 is 0 Å². The van der Waals surface area contributed by atoms with Gasteiger partial charge in [-0.3, -0.25) is 14.5 Å². The molecule has 0 fully saturated rings. The van der Waals surface area contributed by atoms with E-state index < -0.39 is 0 Å². The molecule has 0 unspecified atom stereocenters. The van der Waals surface area contributed by atoms with Gasteiger partial charge in [0.1, 0.15) is 12.2 Å². The fourth-order valence-corrected chi connectivity index (χ4v) is 3.17. The van der Waals surface area contributed by atoms with Crippen LogP contribution in [0, 0.1) is 6.92 Å². The lowest BCUT2D eigenvalue weighted by atomic mass is 10.1. The summed E-state index contributed by atoms with van der Waals surface area (Å²) in [5.74, 6) is -0.118. The summed E-state index contributed by atoms with van der Waals surface area (Å²) in [4.78, 5) is 36.0. The number of rotatable bonds is 4. The van der Waals surface area contributed by atoms with Crippen LogP contribution in [0.4, 0.5) is 17.2 Å². The molecule has 1 N–H and O–H groups in total. The van der Waals surface area contributed by atoms with Gasteiger partial charge in [-0.2, -0.15) is 0 Å². The molecule has 29 heavy (non-hydrogen) atoms. The van der Waals surface area contributed by atoms with Gasteiger partial charge in [0.05, 0.1) is 12.1 Å². The summed E-state index contributed by atoms with van der Waals surface area (Å²) in [5.41, 5.74) is 3.93. The molecule has 1 aliphatic rings. The number of hydrogen-bond acceptors (Lipinski definition) is 4. The first-order valence-corrected chi connectivity index (χ1v) is 9.35. The van der Waals surface area contributed by atoms with E-state index >= 15 is 0 Å². The van der Waals surface area contributed by atoms with Gasteiger partial charge in [0.25, 0.3) is 0 Å². The summed E-state index contributed by atoms with van der Waals surface area (Å²) in [7, 11) is 0. The fraction of sp³-hybridized carbons (Fsp3) is 0.130. The minimum atomic E-state index is -0.292. The maximum absolute atomic E-state index is 13.0. The normalized spacial score (nSPS) is 13.3. The lowest BCUT2D eigenvalue weighted by molar-refractivity contribution is -0.120. The Morgan fingerprint density at radius 1 is 1.03 bits per heavy atom. The zero-order valence-corrected chi connectivity index (χ0v) is 16.0. The Labute approximate surface area is 168 Å². The van der Waals surface area contributed by atoms with Crippen LogP contribution in [-0.4, -0.2) is 29.1 Å². The van der Waals surface area contributed by atoms with E-state index in [0.29, 0.717) is 22.9 Å².